The highest BCUT2D eigenvalue weighted by Crippen LogP contribution is 2.40. The summed E-state index contributed by atoms with van der Waals surface area (Å²) < 4.78 is 29.4. The van der Waals surface area contributed by atoms with Gasteiger partial charge in [0.15, 0.2) is 0 Å². The summed E-state index contributed by atoms with van der Waals surface area (Å²) in [5, 5.41) is 11.0. The van der Waals surface area contributed by atoms with E-state index >= 15 is 0 Å². The normalized spacial score (nSPS) is 15.0. The van der Waals surface area contributed by atoms with Crippen LogP contribution in [0.3, 0.4) is 0 Å². The van der Waals surface area contributed by atoms with Gasteiger partial charge in [-0.2, -0.15) is 0 Å². The maximum Gasteiger partial charge on any atom is 0.349 e. The summed E-state index contributed by atoms with van der Waals surface area (Å²) >= 11 is 0. The molecular weight excluding hydrogens is 321 g/mol. The molecule has 0 saturated heterocycles. The van der Waals surface area contributed by atoms with Gasteiger partial charge >= 0.3 is 11.7 Å². The number of fused-ring (bicyclic) bond motifs is 1. The summed E-state index contributed by atoms with van der Waals surface area (Å²) in [7, 11) is 0. The Morgan fingerprint density at radius 2 is 1.92 bits per heavy atom. The summed E-state index contributed by atoms with van der Waals surface area (Å²) in [4.78, 5) is 22.5. The third-order valence-electron chi connectivity index (χ3n) is 3.22. The van der Waals surface area contributed by atoms with Crippen molar-refractivity contribution in [2.24, 2.45) is 0 Å². The highest BCUT2D eigenvalue weighted by atomic mass is 19.1. The Kier molecular flexibility index (Phi) is 3.59. The minimum Gasteiger partial charge on any atom is -0.452 e. The Balaban J connectivity index is 2.05. The number of nitrogens with zero attached hydrogens (tertiary/aromatic N) is 1. The van der Waals surface area contributed by atoms with Gasteiger partial charge in [0.25, 0.3) is 0 Å². The highest BCUT2D eigenvalue weighted by Gasteiger charge is 2.36. The van der Waals surface area contributed by atoms with Crippen molar-refractivity contribution in [3.8, 4) is 17.2 Å². The van der Waals surface area contributed by atoms with Crippen molar-refractivity contribution in [3.05, 3.63) is 57.9 Å². The minimum atomic E-state index is -1.13. The van der Waals surface area contributed by atoms with Crippen LogP contribution < -0.4 is 9.47 Å². The molecule has 1 aliphatic rings. The lowest BCUT2D eigenvalue weighted by Gasteiger charge is -2.32. The first kappa shape index (κ1) is 15.7. The second-order valence-corrected chi connectivity index (χ2v) is 5.49. The summed E-state index contributed by atoms with van der Waals surface area (Å²) in [6.07, 6.45) is 0. The van der Waals surface area contributed by atoms with Crippen molar-refractivity contribution < 1.29 is 28.3 Å². The van der Waals surface area contributed by atoms with Crippen LogP contribution in [0.2, 0.25) is 0 Å². The van der Waals surface area contributed by atoms with Gasteiger partial charge < -0.3 is 14.2 Å². The zero-order chi connectivity index (χ0) is 17.5. The van der Waals surface area contributed by atoms with Crippen LogP contribution in [-0.4, -0.2) is 16.7 Å². The molecule has 0 N–H and O–H groups in total. The van der Waals surface area contributed by atoms with Crippen molar-refractivity contribution >= 4 is 11.7 Å². The fraction of sp³-hybridized carbons (Fsp3) is 0.188. The van der Waals surface area contributed by atoms with Gasteiger partial charge in [-0.1, -0.05) is 6.07 Å². The smallest absolute Gasteiger partial charge is 0.349 e. The van der Waals surface area contributed by atoms with Crippen molar-refractivity contribution in [2.75, 3.05) is 0 Å². The summed E-state index contributed by atoms with van der Waals surface area (Å²) in [5.74, 6) is -2.53. The average molecular weight is 333 g/mol. The van der Waals surface area contributed by atoms with E-state index < -0.39 is 28.2 Å². The molecule has 7 nitrogen and oxygen atoms in total. The van der Waals surface area contributed by atoms with Crippen LogP contribution in [0, 0.1) is 15.9 Å². The van der Waals surface area contributed by atoms with Crippen LogP contribution in [0.5, 0.6) is 17.2 Å². The lowest BCUT2D eigenvalue weighted by atomic mass is 10.1. The number of nitro benzene ring substituents is 1. The molecule has 2 aromatic carbocycles. The fourth-order valence-corrected chi connectivity index (χ4v) is 2.28. The van der Waals surface area contributed by atoms with Crippen LogP contribution >= 0.6 is 0 Å². The Labute approximate surface area is 135 Å². The van der Waals surface area contributed by atoms with Crippen LogP contribution in [0.4, 0.5) is 10.1 Å². The third-order valence-corrected chi connectivity index (χ3v) is 3.22. The molecule has 0 aromatic heterocycles. The number of benzene rings is 2. The molecule has 0 spiro atoms. The molecule has 0 unspecified atom stereocenters. The number of esters is 1. The number of hydrogen-bond acceptors (Lipinski definition) is 6. The monoisotopic (exact) mass is 333 g/mol. The number of ether oxygens (including phenoxy) is 3. The summed E-state index contributed by atoms with van der Waals surface area (Å²) in [5.41, 5.74) is -0.548. The minimum absolute atomic E-state index is 0.00967. The molecule has 0 amide bonds. The molecule has 0 bridgehead atoms. The Morgan fingerprint density at radius 3 is 2.62 bits per heavy atom. The predicted octanol–water partition coefficient (Wildman–Crippen LogP) is 3.81. The van der Waals surface area contributed by atoms with E-state index in [4.69, 9.17) is 14.2 Å². The Morgan fingerprint density at radius 1 is 1.17 bits per heavy atom. The number of rotatable bonds is 3. The molecule has 0 atom stereocenters. The van der Waals surface area contributed by atoms with E-state index in [1.807, 2.05) is 0 Å². The van der Waals surface area contributed by atoms with Crippen molar-refractivity contribution in [3.63, 3.8) is 0 Å². The van der Waals surface area contributed by atoms with E-state index in [2.05, 4.69) is 0 Å². The standard InChI is InChI=1S/C16H12FNO6/c1-16(2)23-13-5-3-4-12(14(13)15(19)24-16)22-11-7-6-9(17)8-10(11)18(20)21/h3-8H,1-2H3. The quantitative estimate of drug-likeness (QED) is 0.482. The second-order valence-electron chi connectivity index (χ2n) is 5.49. The summed E-state index contributed by atoms with van der Waals surface area (Å²) in [6.45, 7) is 3.15. The first-order chi connectivity index (χ1) is 11.3. The van der Waals surface area contributed by atoms with Gasteiger partial charge in [0, 0.05) is 13.8 Å². The second kappa shape index (κ2) is 5.48. The zero-order valence-corrected chi connectivity index (χ0v) is 12.7. The SMILES string of the molecule is CC1(C)OC(=O)c2c(Oc3ccc(F)cc3[N+](=O)[O-])cccc2O1. The molecular formula is C16H12FNO6. The number of nitro groups is 1. The van der Waals surface area contributed by atoms with Crippen LogP contribution in [-0.2, 0) is 4.74 Å². The van der Waals surface area contributed by atoms with E-state index in [1.165, 1.54) is 6.07 Å². The summed E-state index contributed by atoms with van der Waals surface area (Å²) in [6, 6.07) is 7.45. The average Bonchev–Trinajstić information content (AvgIpc) is 2.47. The first-order valence-electron chi connectivity index (χ1n) is 6.94. The first-order valence-corrected chi connectivity index (χ1v) is 6.94. The molecule has 0 radical (unpaired) electrons. The molecule has 124 valence electrons. The number of carbonyl (C=O) groups is 1. The van der Waals surface area contributed by atoms with E-state index in [-0.39, 0.29) is 22.8 Å². The van der Waals surface area contributed by atoms with E-state index in [0.717, 1.165) is 18.2 Å². The van der Waals surface area contributed by atoms with Gasteiger partial charge in [0.2, 0.25) is 11.5 Å². The van der Waals surface area contributed by atoms with Gasteiger partial charge in [-0.3, -0.25) is 10.1 Å². The molecule has 24 heavy (non-hydrogen) atoms. The number of hydrogen-bond donors (Lipinski definition) is 0. The Bertz CT molecular complexity index is 848. The van der Waals surface area contributed by atoms with E-state index in [9.17, 15) is 19.3 Å². The lowest BCUT2D eigenvalue weighted by Crippen LogP contribution is -2.38. The van der Waals surface area contributed by atoms with Crippen molar-refractivity contribution in [1.29, 1.82) is 0 Å². The van der Waals surface area contributed by atoms with Crippen LogP contribution in [0.25, 0.3) is 0 Å². The molecule has 3 rings (SSSR count). The van der Waals surface area contributed by atoms with Gasteiger partial charge in [-0.15, -0.1) is 0 Å². The molecule has 2 aromatic rings. The Hall–Kier alpha value is -3.16. The predicted molar refractivity (Wildman–Crippen MR) is 79.7 cm³/mol. The molecule has 0 aliphatic carbocycles. The van der Waals surface area contributed by atoms with Gasteiger partial charge in [0.1, 0.15) is 22.9 Å². The van der Waals surface area contributed by atoms with E-state index in [1.54, 1.807) is 26.0 Å². The molecule has 0 fully saturated rings. The lowest BCUT2D eigenvalue weighted by molar-refractivity contribution is -0.385. The largest absolute Gasteiger partial charge is 0.452 e. The molecule has 1 heterocycles. The third kappa shape index (κ3) is 2.85. The zero-order valence-electron chi connectivity index (χ0n) is 12.7. The maximum atomic E-state index is 13.2. The fourth-order valence-electron chi connectivity index (χ4n) is 2.28. The van der Waals surface area contributed by atoms with Gasteiger partial charge in [0.05, 0.1) is 11.0 Å². The van der Waals surface area contributed by atoms with Crippen molar-refractivity contribution in [1.82, 2.24) is 0 Å². The highest BCUT2D eigenvalue weighted by molar-refractivity contribution is 5.96. The van der Waals surface area contributed by atoms with Crippen LogP contribution in [0.15, 0.2) is 36.4 Å². The number of halogens is 1. The topological polar surface area (TPSA) is 87.9 Å². The van der Waals surface area contributed by atoms with Crippen molar-refractivity contribution in [2.45, 2.75) is 19.6 Å². The number of carbonyl (C=O) groups excluding carboxylic acids is 1. The number of cyclic esters (lactones) is 1. The molecule has 8 heteroatoms. The van der Waals surface area contributed by atoms with E-state index in [0.29, 0.717) is 0 Å². The molecule has 1 aliphatic heterocycles. The van der Waals surface area contributed by atoms with Gasteiger partial charge in [-0.25, -0.2) is 9.18 Å². The van der Waals surface area contributed by atoms with Crippen LogP contribution in [0.1, 0.15) is 24.2 Å². The van der Waals surface area contributed by atoms with Gasteiger partial charge in [-0.05, 0) is 24.3 Å². The molecule has 0 saturated carbocycles. The maximum absolute atomic E-state index is 13.2.